The lowest BCUT2D eigenvalue weighted by Gasteiger charge is -1.91. The number of hydrogen-bond donors (Lipinski definition) is 1. The third-order valence-corrected chi connectivity index (χ3v) is 1.25. The number of para-hydroxylation sites is 1. The molecule has 0 bridgehead atoms. The highest BCUT2D eigenvalue weighted by atomic mass is 35.5. The van der Waals surface area contributed by atoms with Crippen LogP contribution in [-0.2, 0) is 0 Å². The lowest BCUT2D eigenvalue weighted by Crippen LogP contribution is -1.82. The summed E-state index contributed by atoms with van der Waals surface area (Å²) in [6.45, 7) is 0. The minimum absolute atomic E-state index is 0. The number of hydrogen-bond acceptors (Lipinski definition) is 1. The van der Waals surface area contributed by atoms with E-state index in [2.05, 4.69) is 0 Å². The predicted octanol–water partition coefficient (Wildman–Crippen LogP) is 2.77. The number of nitrogens with two attached hydrogens (primary N) is 1. The summed E-state index contributed by atoms with van der Waals surface area (Å²) >= 11 is 5.58. The zero-order valence-electron chi connectivity index (χ0n) is 5.08. The molecule has 1 aromatic carbocycles. The zero-order valence-corrected chi connectivity index (χ0v) is 7.47. The largest absolute Gasteiger partial charge is 0.398 e. The normalized spacial score (nSPS) is 7.30. The van der Waals surface area contributed by atoms with Crippen LogP contribution < -0.4 is 5.73 Å². The van der Waals surface area contributed by atoms with Gasteiger partial charge in [-0.25, -0.2) is 0 Å². The first-order valence-corrected chi connectivity index (χ1v) is 2.68. The monoisotopic (exact) mass is 199 g/mol. The van der Waals surface area contributed by atoms with Crippen LogP contribution >= 0.6 is 36.4 Å². The van der Waals surface area contributed by atoms with Crippen LogP contribution in [-0.4, -0.2) is 0 Å². The summed E-state index contributed by atoms with van der Waals surface area (Å²) < 4.78 is 0. The van der Waals surface area contributed by atoms with Crippen LogP contribution in [0.4, 0.5) is 5.69 Å². The first kappa shape index (κ1) is 12.6. The molecule has 1 nitrogen and oxygen atoms in total. The Morgan fingerprint density at radius 2 is 1.60 bits per heavy atom. The maximum atomic E-state index is 5.58. The van der Waals surface area contributed by atoms with Gasteiger partial charge in [0.2, 0.25) is 0 Å². The average molecular weight is 200 g/mol. The van der Waals surface area contributed by atoms with Gasteiger partial charge in [-0.3, -0.25) is 0 Å². The van der Waals surface area contributed by atoms with Gasteiger partial charge >= 0.3 is 0 Å². The van der Waals surface area contributed by atoms with Crippen molar-refractivity contribution in [3.05, 3.63) is 29.3 Å². The minimum Gasteiger partial charge on any atom is -0.398 e. The third kappa shape index (κ3) is 3.16. The van der Waals surface area contributed by atoms with Gasteiger partial charge in [0.25, 0.3) is 0 Å². The number of halogens is 3. The van der Waals surface area contributed by atoms with E-state index in [1.807, 2.05) is 12.1 Å². The summed E-state index contributed by atoms with van der Waals surface area (Å²) in [7, 11) is 0. The number of nitrogen functional groups attached to an aromatic ring is 1. The molecular formula is C6H8Cl3N. The Bertz CT molecular complexity index is 169. The molecule has 0 saturated carbocycles. The van der Waals surface area contributed by atoms with E-state index in [1.165, 1.54) is 0 Å². The summed E-state index contributed by atoms with van der Waals surface area (Å²) in [6.07, 6.45) is 0. The van der Waals surface area contributed by atoms with Crippen molar-refractivity contribution in [2.24, 2.45) is 0 Å². The van der Waals surface area contributed by atoms with Crippen LogP contribution in [0, 0.1) is 0 Å². The van der Waals surface area contributed by atoms with E-state index in [4.69, 9.17) is 17.3 Å². The van der Waals surface area contributed by atoms with E-state index in [0.29, 0.717) is 10.7 Å². The summed E-state index contributed by atoms with van der Waals surface area (Å²) in [4.78, 5) is 0. The molecule has 0 heterocycles. The maximum Gasteiger partial charge on any atom is 0.0635 e. The quantitative estimate of drug-likeness (QED) is 0.641. The van der Waals surface area contributed by atoms with Crippen molar-refractivity contribution in [2.45, 2.75) is 0 Å². The fraction of sp³-hybridized carbons (Fsp3) is 0. The van der Waals surface area contributed by atoms with Gasteiger partial charge in [0.05, 0.1) is 10.7 Å². The molecule has 2 N–H and O–H groups in total. The molecule has 4 heteroatoms. The molecule has 0 aliphatic carbocycles. The Morgan fingerprint density at radius 3 is 1.90 bits per heavy atom. The van der Waals surface area contributed by atoms with Crippen molar-refractivity contribution < 1.29 is 0 Å². The molecule has 0 aliphatic rings. The average Bonchev–Trinajstić information content (AvgIpc) is 1.77. The molecular weight excluding hydrogens is 192 g/mol. The molecule has 1 aromatic rings. The fourth-order valence-electron chi connectivity index (χ4n) is 0.475. The predicted molar refractivity (Wildman–Crippen MR) is 50.4 cm³/mol. The minimum atomic E-state index is 0. The molecule has 0 aliphatic heterocycles. The first-order chi connectivity index (χ1) is 3.80. The zero-order chi connectivity index (χ0) is 5.98. The third-order valence-electron chi connectivity index (χ3n) is 0.905. The maximum absolute atomic E-state index is 5.58. The van der Waals surface area contributed by atoms with Crippen molar-refractivity contribution in [3.8, 4) is 0 Å². The second kappa shape index (κ2) is 5.66. The van der Waals surface area contributed by atoms with Crippen molar-refractivity contribution in [3.63, 3.8) is 0 Å². The highest BCUT2D eigenvalue weighted by Gasteiger charge is 1.87. The van der Waals surface area contributed by atoms with E-state index >= 15 is 0 Å². The molecule has 58 valence electrons. The van der Waals surface area contributed by atoms with Crippen LogP contribution in [0.25, 0.3) is 0 Å². The highest BCUT2D eigenvalue weighted by Crippen LogP contribution is 2.15. The van der Waals surface area contributed by atoms with Gasteiger partial charge in [-0.1, -0.05) is 23.7 Å². The Hall–Kier alpha value is -0.110. The van der Waals surface area contributed by atoms with Gasteiger partial charge in [0.1, 0.15) is 0 Å². The van der Waals surface area contributed by atoms with Crippen LogP contribution in [0.3, 0.4) is 0 Å². The van der Waals surface area contributed by atoms with Crippen LogP contribution in [0.2, 0.25) is 5.02 Å². The molecule has 0 aromatic heterocycles. The summed E-state index contributed by atoms with van der Waals surface area (Å²) in [5, 5.41) is 0.618. The van der Waals surface area contributed by atoms with Crippen molar-refractivity contribution in [1.82, 2.24) is 0 Å². The smallest absolute Gasteiger partial charge is 0.0635 e. The van der Waals surface area contributed by atoms with Crippen molar-refractivity contribution >= 4 is 42.1 Å². The van der Waals surface area contributed by atoms with E-state index < -0.39 is 0 Å². The number of benzene rings is 1. The lowest BCUT2D eigenvalue weighted by molar-refractivity contribution is 1.68. The van der Waals surface area contributed by atoms with E-state index in [1.54, 1.807) is 12.1 Å². The molecule has 0 amide bonds. The number of rotatable bonds is 0. The van der Waals surface area contributed by atoms with Crippen LogP contribution in [0.1, 0.15) is 0 Å². The standard InChI is InChI=1S/C6H6ClN.2ClH/c7-5-3-1-2-4-6(5)8;;/h1-4H,8H2;2*1H. The first-order valence-electron chi connectivity index (χ1n) is 2.31. The Balaban J connectivity index is 0. The van der Waals surface area contributed by atoms with E-state index in [9.17, 15) is 0 Å². The molecule has 0 fully saturated rings. The molecule has 0 radical (unpaired) electrons. The molecule has 1 rings (SSSR count). The van der Waals surface area contributed by atoms with Crippen LogP contribution in [0.15, 0.2) is 24.3 Å². The molecule has 0 saturated heterocycles. The van der Waals surface area contributed by atoms with E-state index in [-0.39, 0.29) is 24.8 Å². The lowest BCUT2D eigenvalue weighted by atomic mass is 10.3. The van der Waals surface area contributed by atoms with Gasteiger partial charge in [-0.15, -0.1) is 24.8 Å². The molecule has 10 heavy (non-hydrogen) atoms. The summed E-state index contributed by atoms with van der Waals surface area (Å²) in [5.74, 6) is 0. The second-order valence-corrected chi connectivity index (χ2v) is 1.93. The van der Waals surface area contributed by atoms with Crippen LogP contribution in [0.5, 0.6) is 0 Å². The molecule has 0 unspecified atom stereocenters. The Morgan fingerprint density at radius 1 is 1.10 bits per heavy atom. The summed E-state index contributed by atoms with van der Waals surface area (Å²) in [6, 6.07) is 7.22. The fourth-order valence-corrected chi connectivity index (χ4v) is 0.611. The Kier molecular flexibility index (Phi) is 7.10. The van der Waals surface area contributed by atoms with Crippen molar-refractivity contribution in [2.75, 3.05) is 5.73 Å². The summed E-state index contributed by atoms with van der Waals surface area (Å²) in [5.41, 5.74) is 6.02. The van der Waals surface area contributed by atoms with Crippen molar-refractivity contribution in [1.29, 1.82) is 0 Å². The molecule has 0 atom stereocenters. The van der Waals surface area contributed by atoms with Gasteiger partial charge in [-0.05, 0) is 12.1 Å². The second-order valence-electron chi connectivity index (χ2n) is 1.52. The SMILES string of the molecule is Cl.Cl.Nc1ccccc1Cl. The van der Waals surface area contributed by atoms with Gasteiger partial charge in [-0.2, -0.15) is 0 Å². The van der Waals surface area contributed by atoms with Gasteiger partial charge < -0.3 is 5.73 Å². The Labute approximate surface area is 77.4 Å². The number of anilines is 1. The van der Waals surface area contributed by atoms with E-state index in [0.717, 1.165) is 0 Å². The van der Waals surface area contributed by atoms with Gasteiger partial charge in [0, 0.05) is 0 Å². The molecule has 0 spiro atoms. The highest BCUT2D eigenvalue weighted by molar-refractivity contribution is 6.33. The van der Waals surface area contributed by atoms with Gasteiger partial charge in [0.15, 0.2) is 0 Å². The topological polar surface area (TPSA) is 26.0 Å².